The van der Waals surface area contributed by atoms with Gasteiger partial charge in [-0.15, -0.1) is 0 Å². The summed E-state index contributed by atoms with van der Waals surface area (Å²) in [5.74, 6) is 0.663. The van der Waals surface area contributed by atoms with Crippen LogP contribution in [0, 0.1) is 12.7 Å². The molecule has 0 unspecified atom stereocenters. The second-order valence-corrected chi connectivity index (χ2v) is 4.17. The monoisotopic (exact) mass is 248 g/mol. The van der Waals surface area contributed by atoms with Crippen LogP contribution in [0.25, 0.3) is 0 Å². The first-order chi connectivity index (χ1) is 8.72. The van der Waals surface area contributed by atoms with Crippen molar-refractivity contribution in [2.24, 2.45) is 0 Å². The van der Waals surface area contributed by atoms with Crippen molar-refractivity contribution in [3.8, 4) is 0 Å². The van der Waals surface area contributed by atoms with Gasteiger partial charge >= 0.3 is 0 Å². The van der Waals surface area contributed by atoms with Crippen molar-refractivity contribution in [3.05, 3.63) is 41.7 Å². The van der Waals surface area contributed by atoms with E-state index in [4.69, 9.17) is 0 Å². The van der Waals surface area contributed by atoms with E-state index in [9.17, 15) is 4.39 Å². The summed E-state index contributed by atoms with van der Waals surface area (Å²) in [5, 5.41) is 7.34. The van der Waals surface area contributed by atoms with E-state index in [1.807, 2.05) is 10.7 Å². The third-order valence-electron chi connectivity index (χ3n) is 2.84. The van der Waals surface area contributed by atoms with Crippen LogP contribution in [0.15, 0.2) is 24.5 Å². The van der Waals surface area contributed by atoms with Gasteiger partial charge in [0.1, 0.15) is 18.0 Å². The Morgan fingerprint density at radius 2 is 2.22 bits per heavy atom. The first-order valence-corrected chi connectivity index (χ1v) is 6.08. The molecule has 1 aromatic heterocycles. The van der Waals surface area contributed by atoms with Crippen LogP contribution in [-0.2, 0) is 13.1 Å². The summed E-state index contributed by atoms with van der Waals surface area (Å²) in [7, 11) is 0. The van der Waals surface area contributed by atoms with Crippen molar-refractivity contribution in [2.45, 2.75) is 33.4 Å². The summed E-state index contributed by atoms with van der Waals surface area (Å²) < 4.78 is 15.2. The zero-order chi connectivity index (χ0) is 13.0. The standard InChI is InChI=1S/C13H17FN4/c1-3-7-18-13(16-9-17-18)8-15-12-6-4-5-11(14)10(12)2/h4-6,9,15H,3,7-8H2,1-2H3. The number of benzene rings is 1. The van der Waals surface area contributed by atoms with Crippen LogP contribution in [-0.4, -0.2) is 14.8 Å². The second-order valence-electron chi connectivity index (χ2n) is 4.17. The molecule has 4 nitrogen and oxygen atoms in total. The molecule has 0 fully saturated rings. The van der Waals surface area contributed by atoms with Crippen molar-refractivity contribution in [1.29, 1.82) is 0 Å². The maximum Gasteiger partial charge on any atom is 0.146 e. The first-order valence-electron chi connectivity index (χ1n) is 6.08. The number of anilines is 1. The molecular formula is C13H17FN4. The number of rotatable bonds is 5. The maximum atomic E-state index is 13.4. The number of nitrogens with one attached hydrogen (secondary N) is 1. The third-order valence-corrected chi connectivity index (χ3v) is 2.84. The number of nitrogens with zero attached hydrogens (tertiary/aromatic N) is 3. The highest BCUT2D eigenvalue weighted by Crippen LogP contribution is 2.17. The minimum Gasteiger partial charge on any atom is -0.377 e. The number of hydrogen-bond acceptors (Lipinski definition) is 3. The largest absolute Gasteiger partial charge is 0.377 e. The van der Waals surface area contributed by atoms with Gasteiger partial charge in [0, 0.05) is 17.8 Å². The lowest BCUT2D eigenvalue weighted by Crippen LogP contribution is -2.10. The van der Waals surface area contributed by atoms with Gasteiger partial charge in [-0.25, -0.2) is 14.1 Å². The van der Waals surface area contributed by atoms with Gasteiger partial charge in [-0.3, -0.25) is 0 Å². The molecule has 2 aromatic rings. The Balaban J connectivity index is 2.07. The van der Waals surface area contributed by atoms with Crippen LogP contribution in [0.4, 0.5) is 10.1 Å². The minimum atomic E-state index is -0.199. The van der Waals surface area contributed by atoms with E-state index in [0.717, 1.165) is 24.5 Å². The highest BCUT2D eigenvalue weighted by atomic mass is 19.1. The molecule has 18 heavy (non-hydrogen) atoms. The predicted molar refractivity (Wildman–Crippen MR) is 68.8 cm³/mol. The van der Waals surface area contributed by atoms with E-state index in [-0.39, 0.29) is 5.82 Å². The fourth-order valence-electron chi connectivity index (χ4n) is 1.80. The molecule has 1 heterocycles. The molecule has 2 rings (SSSR count). The quantitative estimate of drug-likeness (QED) is 0.884. The Morgan fingerprint density at radius 1 is 1.39 bits per heavy atom. The summed E-state index contributed by atoms with van der Waals surface area (Å²) in [6.07, 6.45) is 2.56. The Bertz CT molecular complexity index is 521. The summed E-state index contributed by atoms with van der Waals surface area (Å²) in [4.78, 5) is 4.20. The van der Waals surface area contributed by atoms with Crippen molar-refractivity contribution in [1.82, 2.24) is 14.8 Å². The van der Waals surface area contributed by atoms with Crippen LogP contribution >= 0.6 is 0 Å². The summed E-state index contributed by atoms with van der Waals surface area (Å²) in [5.41, 5.74) is 1.42. The van der Waals surface area contributed by atoms with Crippen molar-refractivity contribution in [2.75, 3.05) is 5.32 Å². The van der Waals surface area contributed by atoms with E-state index in [0.29, 0.717) is 12.1 Å². The highest BCUT2D eigenvalue weighted by Gasteiger charge is 2.06. The molecular weight excluding hydrogens is 231 g/mol. The third kappa shape index (κ3) is 2.67. The average molecular weight is 248 g/mol. The van der Waals surface area contributed by atoms with E-state index >= 15 is 0 Å². The first kappa shape index (κ1) is 12.5. The molecule has 1 N–H and O–H groups in total. The lowest BCUT2D eigenvalue weighted by molar-refractivity contribution is 0.573. The van der Waals surface area contributed by atoms with Crippen LogP contribution in [0.1, 0.15) is 24.7 Å². The lowest BCUT2D eigenvalue weighted by Gasteiger charge is -2.10. The Hall–Kier alpha value is -1.91. The second kappa shape index (κ2) is 5.62. The Labute approximate surface area is 106 Å². The van der Waals surface area contributed by atoms with Gasteiger partial charge in [0.15, 0.2) is 0 Å². The van der Waals surface area contributed by atoms with Gasteiger partial charge in [0.2, 0.25) is 0 Å². The van der Waals surface area contributed by atoms with Gasteiger partial charge in [-0.05, 0) is 25.5 Å². The molecule has 0 aliphatic rings. The smallest absolute Gasteiger partial charge is 0.146 e. The molecule has 96 valence electrons. The van der Waals surface area contributed by atoms with Crippen molar-refractivity contribution >= 4 is 5.69 Å². The SMILES string of the molecule is CCCn1ncnc1CNc1cccc(F)c1C. The molecule has 0 amide bonds. The van der Waals surface area contributed by atoms with Gasteiger partial charge < -0.3 is 5.32 Å². The molecule has 0 saturated heterocycles. The zero-order valence-corrected chi connectivity index (χ0v) is 10.7. The van der Waals surface area contributed by atoms with Gasteiger partial charge in [-0.2, -0.15) is 5.10 Å². The van der Waals surface area contributed by atoms with Gasteiger partial charge in [-0.1, -0.05) is 13.0 Å². The maximum absolute atomic E-state index is 13.4. The van der Waals surface area contributed by atoms with Crippen LogP contribution in [0.3, 0.4) is 0 Å². The lowest BCUT2D eigenvalue weighted by atomic mass is 10.2. The molecule has 0 spiro atoms. The van der Waals surface area contributed by atoms with E-state index < -0.39 is 0 Å². The topological polar surface area (TPSA) is 42.7 Å². The van der Waals surface area contributed by atoms with E-state index in [2.05, 4.69) is 22.3 Å². The normalized spacial score (nSPS) is 10.6. The molecule has 0 bridgehead atoms. The number of aryl methyl sites for hydroxylation is 1. The Morgan fingerprint density at radius 3 is 3.00 bits per heavy atom. The van der Waals surface area contributed by atoms with Crippen LogP contribution in [0.2, 0.25) is 0 Å². The summed E-state index contributed by atoms with van der Waals surface area (Å²) in [6, 6.07) is 5.01. The fraction of sp³-hybridized carbons (Fsp3) is 0.385. The fourth-order valence-corrected chi connectivity index (χ4v) is 1.80. The van der Waals surface area contributed by atoms with Gasteiger partial charge in [0.05, 0.1) is 6.54 Å². The van der Waals surface area contributed by atoms with E-state index in [1.54, 1.807) is 19.3 Å². The van der Waals surface area contributed by atoms with E-state index in [1.165, 1.54) is 6.07 Å². The summed E-state index contributed by atoms with van der Waals surface area (Å²) >= 11 is 0. The van der Waals surface area contributed by atoms with Gasteiger partial charge in [0.25, 0.3) is 0 Å². The number of halogens is 1. The highest BCUT2D eigenvalue weighted by molar-refractivity contribution is 5.50. The summed E-state index contributed by atoms with van der Waals surface area (Å²) in [6.45, 7) is 5.24. The molecule has 0 radical (unpaired) electrons. The van der Waals surface area contributed by atoms with Crippen molar-refractivity contribution in [3.63, 3.8) is 0 Å². The molecule has 5 heteroatoms. The van der Waals surface area contributed by atoms with Crippen molar-refractivity contribution < 1.29 is 4.39 Å². The predicted octanol–water partition coefficient (Wildman–Crippen LogP) is 2.75. The zero-order valence-electron chi connectivity index (χ0n) is 10.7. The van der Waals surface area contributed by atoms with Crippen LogP contribution in [0.5, 0.6) is 0 Å². The molecule has 0 aliphatic carbocycles. The Kier molecular flexibility index (Phi) is 3.92. The molecule has 0 saturated carbocycles. The van der Waals surface area contributed by atoms with Crippen LogP contribution < -0.4 is 5.32 Å². The average Bonchev–Trinajstić information content (AvgIpc) is 2.79. The molecule has 0 aliphatic heterocycles. The minimum absolute atomic E-state index is 0.199. The number of aromatic nitrogens is 3. The number of hydrogen-bond donors (Lipinski definition) is 1. The molecule has 1 aromatic carbocycles. The molecule has 0 atom stereocenters.